The van der Waals surface area contributed by atoms with Gasteiger partial charge in [0.1, 0.15) is 0 Å². The topological polar surface area (TPSA) is 58.7 Å². The number of nitrogens with zero attached hydrogens (tertiary/aromatic N) is 2. The summed E-state index contributed by atoms with van der Waals surface area (Å²) in [6.45, 7) is 0. The fourth-order valence-corrected chi connectivity index (χ4v) is 1.42. The lowest BCUT2D eigenvalue weighted by atomic mass is 10.1. The lowest BCUT2D eigenvalue weighted by Crippen LogP contribution is -2.34. The van der Waals surface area contributed by atoms with Crippen LogP contribution in [0.4, 0.5) is 0 Å². The molecule has 14 heavy (non-hydrogen) atoms. The van der Waals surface area contributed by atoms with Crippen LogP contribution in [0.5, 0.6) is 0 Å². The van der Waals surface area contributed by atoms with Crippen molar-refractivity contribution in [3.63, 3.8) is 0 Å². The average molecular weight is 189 g/mol. The van der Waals surface area contributed by atoms with Crippen LogP contribution in [-0.4, -0.2) is 23.8 Å². The van der Waals surface area contributed by atoms with Crippen LogP contribution in [0.25, 0.3) is 0 Å². The van der Waals surface area contributed by atoms with Crippen LogP contribution in [0.15, 0.2) is 35.3 Å². The molecule has 1 amide bonds. The van der Waals surface area contributed by atoms with E-state index in [4.69, 9.17) is 5.73 Å². The third kappa shape index (κ3) is 1.25. The van der Waals surface area contributed by atoms with E-state index in [-0.39, 0.29) is 11.9 Å². The molecule has 0 fully saturated rings. The number of rotatable bonds is 1. The molecule has 1 aromatic carbocycles. The van der Waals surface area contributed by atoms with Crippen molar-refractivity contribution in [2.24, 2.45) is 10.7 Å². The Hall–Kier alpha value is -1.84. The maximum atomic E-state index is 11.6. The van der Waals surface area contributed by atoms with Gasteiger partial charge in [-0.15, -0.1) is 0 Å². The quantitative estimate of drug-likeness (QED) is 0.700. The van der Waals surface area contributed by atoms with Gasteiger partial charge >= 0.3 is 0 Å². The number of nitrogens with two attached hydrogens (primary N) is 1. The number of aliphatic imine (C=N–C) groups is 1. The van der Waals surface area contributed by atoms with Crippen molar-refractivity contribution in [1.82, 2.24) is 4.90 Å². The van der Waals surface area contributed by atoms with Gasteiger partial charge in [0.05, 0.1) is 0 Å². The third-order valence-corrected chi connectivity index (χ3v) is 2.28. The monoisotopic (exact) mass is 189 g/mol. The second-order valence-corrected chi connectivity index (χ2v) is 3.20. The first-order chi connectivity index (χ1) is 6.70. The summed E-state index contributed by atoms with van der Waals surface area (Å²) in [6.07, 6.45) is 0. The summed E-state index contributed by atoms with van der Waals surface area (Å²) in [7, 11) is 1.63. The minimum absolute atomic E-state index is 0.0753. The van der Waals surface area contributed by atoms with Gasteiger partial charge < -0.3 is 5.73 Å². The number of hydrogen-bond acceptors (Lipinski definition) is 3. The van der Waals surface area contributed by atoms with Gasteiger partial charge in [-0.3, -0.25) is 9.69 Å². The SMILES string of the molecule is CN1C(=O)[C@@H](c2ccccc2)N=C1N. The lowest BCUT2D eigenvalue weighted by Gasteiger charge is -2.09. The minimum Gasteiger partial charge on any atom is -0.369 e. The van der Waals surface area contributed by atoms with E-state index in [9.17, 15) is 4.79 Å². The highest BCUT2D eigenvalue weighted by Crippen LogP contribution is 2.23. The van der Waals surface area contributed by atoms with E-state index < -0.39 is 6.04 Å². The van der Waals surface area contributed by atoms with Gasteiger partial charge in [0.25, 0.3) is 5.91 Å². The largest absolute Gasteiger partial charge is 0.369 e. The van der Waals surface area contributed by atoms with Crippen molar-refractivity contribution >= 4 is 11.9 Å². The molecule has 0 saturated heterocycles. The van der Waals surface area contributed by atoms with Crippen LogP contribution >= 0.6 is 0 Å². The van der Waals surface area contributed by atoms with E-state index in [1.807, 2.05) is 30.3 Å². The fraction of sp³-hybridized carbons (Fsp3) is 0.200. The molecule has 2 N–H and O–H groups in total. The fourth-order valence-electron chi connectivity index (χ4n) is 1.42. The Bertz CT molecular complexity index is 386. The molecule has 1 aliphatic heterocycles. The Morgan fingerprint density at radius 1 is 1.36 bits per heavy atom. The zero-order valence-electron chi connectivity index (χ0n) is 7.84. The predicted octanol–water partition coefficient (Wildman–Crippen LogP) is 0.514. The van der Waals surface area contributed by atoms with Gasteiger partial charge in [0.15, 0.2) is 12.0 Å². The summed E-state index contributed by atoms with van der Waals surface area (Å²) in [6, 6.07) is 8.96. The van der Waals surface area contributed by atoms with Crippen LogP contribution in [0.1, 0.15) is 11.6 Å². The average Bonchev–Trinajstić information content (AvgIpc) is 2.47. The molecule has 0 bridgehead atoms. The van der Waals surface area contributed by atoms with Gasteiger partial charge in [-0.25, -0.2) is 4.99 Å². The minimum atomic E-state index is -0.457. The number of amides is 1. The normalized spacial score (nSPS) is 21.2. The summed E-state index contributed by atoms with van der Waals surface area (Å²) < 4.78 is 0. The highest BCUT2D eigenvalue weighted by atomic mass is 16.2. The molecule has 4 nitrogen and oxygen atoms in total. The van der Waals surface area contributed by atoms with Gasteiger partial charge in [0.2, 0.25) is 0 Å². The third-order valence-electron chi connectivity index (χ3n) is 2.28. The first-order valence-corrected chi connectivity index (χ1v) is 4.36. The van der Waals surface area contributed by atoms with Gasteiger partial charge in [0, 0.05) is 7.05 Å². The van der Waals surface area contributed by atoms with Crippen LogP contribution in [0.2, 0.25) is 0 Å². The molecule has 0 aliphatic carbocycles. The van der Waals surface area contributed by atoms with Gasteiger partial charge in [-0.05, 0) is 5.56 Å². The summed E-state index contributed by atoms with van der Waals surface area (Å²) in [5.74, 6) is 0.206. The molecule has 0 radical (unpaired) electrons. The maximum Gasteiger partial charge on any atom is 0.258 e. The highest BCUT2D eigenvalue weighted by molar-refractivity contribution is 6.04. The lowest BCUT2D eigenvalue weighted by molar-refractivity contribution is -0.126. The summed E-state index contributed by atoms with van der Waals surface area (Å²) in [5.41, 5.74) is 6.43. The van der Waals surface area contributed by atoms with E-state index in [0.717, 1.165) is 5.56 Å². The first kappa shape index (κ1) is 8.74. The number of likely N-dealkylation sites (N-methyl/N-ethyl adjacent to an activating group) is 1. The van der Waals surface area contributed by atoms with Crippen molar-refractivity contribution in [2.45, 2.75) is 6.04 Å². The van der Waals surface area contributed by atoms with Crippen molar-refractivity contribution in [2.75, 3.05) is 7.05 Å². The van der Waals surface area contributed by atoms with Crippen LogP contribution in [-0.2, 0) is 4.79 Å². The molecule has 2 rings (SSSR count). The molecule has 0 unspecified atom stereocenters. The summed E-state index contributed by atoms with van der Waals surface area (Å²) in [5, 5.41) is 0. The molecule has 72 valence electrons. The molecule has 1 atom stereocenters. The molecule has 0 aromatic heterocycles. The van der Waals surface area contributed by atoms with E-state index >= 15 is 0 Å². The molecule has 1 aromatic rings. The first-order valence-electron chi connectivity index (χ1n) is 4.36. The molecule has 4 heteroatoms. The molecule has 0 spiro atoms. The number of hydrogen-bond donors (Lipinski definition) is 1. The molecular formula is C10H11N3O. The van der Waals surface area contributed by atoms with Crippen molar-refractivity contribution < 1.29 is 4.79 Å². The van der Waals surface area contributed by atoms with Crippen molar-refractivity contribution in [3.05, 3.63) is 35.9 Å². The Morgan fingerprint density at radius 2 is 2.00 bits per heavy atom. The van der Waals surface area contributed by atoms with Crippen LogP contribution < -0.4 is 5.73 Å². The number of carbonyl (C=O) groups excluding carboxylic acids is 1. The van der Waals surface area contributed by atoms with Crippen molar-refractivity contribution in [3.8, 4) is 0 Å². The standard InChI is InChI=1S/C10H11N3O/c1-13-9(14)8(12-10(13)11)7-5-3-2-4-6-7/h2-6,8H,1H3,(H2,11,12)/t8-/m1/s1. The number of carbonyl (C=O) groups is 1. The molecule has 1 heterocycles. The Balaban J connectivity index is 2.35. The predicted molar refractivity (Wildman–Crippen MR) is 53.6 cm³/mol. The second-order valence-electron chi connectivity index (χ2n) is 3.20. The van der Waals surface area contributed by atoms with E-state index in [1.165, 1.54) is 4.90 Å². The maximum absolute atomic E-state index is 11.6. The molecular weight excluding hydrogens is 178 g/mol. The van der Waals surface area contributed by atoms with Crippen molar-refractivity contribution in [1.29, 1.82) is 0 Å². The van der Waals surface area contributed by atoms with Crippen LogP contribution in [0, 0.1) is 0 Å². The Kier molecular flexibility index (Phi) is 1.96. The van der Waals surface area contributed by atoms with Gasteiger partial charge in [-0.2, -0.15) is 0 Å². The zero-order chi connectivity index (χ0) is 10.1. The van der Waals surface area contributed by atoms with Gasteiger partial charge in [-0.1, -0.05) is 30.3 Å². The van der Waals surface area contributed by atoms with Crippen LogP contribution in [0.3, 0.4) is 0 Å². The number of benzene rings is 1. The summed E-state index contributed by atoms with van der Waals surface area (Å²) >= 11 is 0. The van der Waals surface area contributed by atoms with E-state index in [1.54, 1.807) is 7.05 Å². The van der Waals surface area contributed by atoms with E-state index in [0.29, 0.717) is 0 Å². The Labute approximate surface area is 82.0 Å². The Morgan fingerprint density at radius 3 is 2.50 bits per heavy atom. The molecule has 1 aliphatic rings. The summed E-state index contributed by atoms with van der Waals surface area (Å²) in [4.78, 5) is 17.1. The smallest absolute Gasteiger partial charge is 0.258 e. The highest BCUT2D eigenvalue weighted by Gasteiger charge is 2.31. The van der Waals surface area contributed by atoms with E-state index in [2.05, 4.69) is 4.99 Å². The second kappa shape index (κ2) is 3.14. The zero-order valence-corrected chi connectivity index (χ0v) is 7.84. The molecule has 0 saturated carbocycles. The number of guanidine groups is 1.